The number of fused-ring (bicyclic) bond motifs is 1. The molecule has 2 aromatic rings. The summed E-state index contributed by atoms with van der Waals surface area (Å²) in [6, 6.07) is 11.4. The van der Waals surface area contributed by atoms with Crippen molar-refractivity contribution in [3.63, 3.8) is 0 Å². The van der Waals surface area contributed by atoms with Crippen LogP contribution < -0.4 is 5.32 Å². The fourth-order valence-corrected chi connectivity index (χ4v) is 5.77. The maximum atomic E-state index is 13.4. The van der Waals surface area contributed by atoms with Gasteiger partial charge in [0.25, 0.3) is 5.91 Å². The van der Waals surface area contributed by atoms with E-state index in [0.29, 0.717) is 17.2 Å². The predicted molar refractivity (Wildman–Crippen MR) is 116 cm³/mol. The third kappa shape index (κ3) is 4.04. The molecule has 2 aromatic carbocycles. The van der Waals surface area contributed by atoms with Crippen LogP contribution in [0.5, 0.6) is 0 Å². The van der Waals surface area contributed by atoms with Crippen LogP contribution in [-0.2, 0) is 24.0 Å². The number of rotatable bonds is 5. The summed E-state index contributed by atoms with van der Waals surface area (Å²) in [5.74, 6) is -1.61. The minimum absolute atomic E-state index is 0.191. The second-order valence-electron chi connectivity index (χ2n) is 7.34. The molecule has 2 amide bonds. The first-order valence-corrected chi connectivity index (χ1v) is 11.1. The fourth-order valence-electron chi connectivity index (χ4n) is 3.96. The van der Waals surface area contributed by atoms with Crippen LogP contribution in [0.15, 0.2) is 42.5 Å². The lowest BCUT2D eigenvalue weighted by Crippen LogP contribution is -2.47. The molecule has 2 unspecified atom stereocenters. The molecule has 10 heteroatoms. The number of nitrogens with one attached hydrogen (secondary N) is 1. The molecule has 2 aliphatic heterocycles. The number of carbonyl (C=O) groups is 3. The number of halogens is 2. The number of ether oxygens (including phenoxy) is 1. The Hall–Kier alpha value is -3.09. The standard InChI is InChI=1S/C22H17ClFN3O4S/c23-15-4-1-13(10-25)17(9-15)26-19(28)11-31-21(30)18-12-32-22(8-7-20(29)27(18)22)14-2-5-16(24)6-3-14/h1-6,9,18H,7-8,11-12H2,(H,26,28). The molecule has 2 aliphatic rings. The van der Waals surface area contributed by atoms with Crippen LogP contribution in [0.4, 0.5) is 10.1 Å². The zero-order valence-corrected chi connectivity index (χ0v) is 18.2. The molecule has 2 heterocycles. The summed E-state index contributed by atoms with van der Waals surface area (Å²) in [6.45, 7) is -0.580. The number of nitriles is 1. The first-order chi connectivity index (χ1) is 15.3. The lowest BCUT2D eigenvalue weighted by molar-refractivity contribution is -0.155. The van der Waals surface area contributed by atoms with Crippen LogP contribution in [0.3, 0.4) is 0 Å². The molecule has 0 aliphatic carbocycles. The lowest BCUT2D eigenvalue weighted by atomic mass is 10.0. The predicted octanol–water partition coefficient (Wildman–Crippen LogP) is 3.42. The molecule has 2 fully saturated rings. The van der Waals surface area contributed by atoms with Crippen LogP contribution >= 0.6 is 23.4 Å². The molecule has 0 aromatic heterocycles. The van der Waals surface area contributed by atoms with E-state index in [4.69, 9.17) is 21.6 Å². The number of benzene rings is 2. The topological polar surface area (TPSA) is 99.5 Å². The van der Waals surface area contributed by atoms with Gasteiger partial charge in [-0.2, -0.15) is 5.26 Å². The average Bonchev–Trinajstić information content (AvgIpc) is 3.32. The monoisotopic (exact) mass is 473 g/mol. The molecule has 164 valence electrons. The normalized spacial score (nSPS) is 21.7. The van der Waals surface area contributed by atoms with Gasteiger partial charge < -0.3 is 15.0 Å². The summed E-state index contributed by atoms with van der Waals surface area (Å²) in [7, 11) is 0. The number of hydrogen-bond donors (Lipinski definition) is 1. The zero-order valence-electron chi connectivity index (χ0n) is 16.6. The smallest absolute Gasteiger partial charge is 0.330 e. The van der Waals surface area contributed by atoms with E-state index in [1.807, 2.05) is 6.07 Å². The second kappa shape index (κ2) is 8.81. The number of nitrogens with zero attached hydrogens (tertiary/aromatic N) is 2. The van der Waals surface area contributed by atoms with Crippen molar-refractivity contribution in [1.29, 1.82) is 5.26 Å². The Morgan fingerprint density at radius 1 is 1.31 bits per heavy atom. The Bertz CT molecular complexity index is 1140. The number of carbonyl (C=O) groups excluding carboxylic acids is 3. The highest BCUT2D eigenvalue weighted by Crippen LogP contribution is 2.54. The van der Waals surface area contributed by atoms with E-state index in [-0.39, 0.29) is 29.4 Å². The Morgan fingerprint density at radius 3 is 2.78 bits per heavy atom. The molecular weight excluding hydrogens is 457 g/mol. The first kappa shape index (κ1) is 22.1. The van der Waals surface area contributed by atoms with E-state index in [1.165, 1.54) is 47.0 Å². The number of hydrogen-bond acceptors (Lipinski definition) is 6. The Labute approximate surface area is 192 Å². The molecule has 0 bridgehead atoms. The zero-order chi connectivity index (χ0) is 22.9. The molecule has 0 saturated carbocycles. The number of esters is 1. The van der Waals surface area contributed by atoms with Gasteiger partial charge in [0.15, 0.2) is 6.61 Å². The molecule has 0 radical (unpaired) electrons. The van der Waals surface area contributed by atoms with E-state index in [9.17, 15) is 18.8 Å². The summed E-state index contributed by atoms with van der Waals surface area (Å²) in [5.41, 5.74) is 1.17. The summed E-state index contributed by atoms with van der Waals surface area (Å²) >= 11 is 7.34. The van der Waals surface area contributed by atoms with E-state index >= 15 is 0 Å². The maximum Gasteiger partial charge on any atom is 0.330 e. The van der Waals surface area contributed by atoms with E-state index in [0.717, 1.165) is 5.56 Å². The van der Waals surface area contributed by atoms with Gasteiger partial charge in [0, 0.05) is 17.2 Å². The van der Waals surface area contributed by atoms with Gasteiger partial charge in [0.1, 0.15) is 22.8 Å². The molecule has 0 spiro atoms. The van der Waals surface area contributed by atoms with Crippen molar-refractivity contribution in [2.24, 2.45) is 0 Å². The molecule has 32 heavy (non-hydrogen) atoms. The first-order valence-electron chi connectivity index (χ1n) is 9.72. The molecular formula is C22H17ClFN3O4S. The van der Waals surface area contributed by atoms with Crippen LogP contribution in [0.2, 0.25) is 5.02 Å². The molecule has 1 N–H and O–H groups in total. The van der Waals surface area contributed by atoms with E-state index < -0.39 is 29.4 Å². The number of thioether (sulfide) groups is 1. The lowest BCUT2D eigenvalue weighted by Gasteiger charge is -2.33. The fraction of sp³-hybridized carbons (Fsp3) is 0.273. The van der Waals surface area contributed by atoms with Gasteiger partial charge in [-0.25, -0.2) is 9.18 Å². The minimum Gasteiger partial charge on any atom is -0.454 e. The van der Waals surface area contributed by atoms with E-state index in [1.54, 1.807) is 12.1 Å². The number of anilines is 1. The van der Waals surface area contributed by atoms with Crippen LogP contribution in [-0.4, -0.2) is 41.1 Å². The van der Waals surface area contributed by atoms with Crippen LogP contribution in [0, 0.1) is 17.1 Å². The summed E-state index contributed by atoms with van der Waals surface area (Å²) in [6.07, 6.45) is 0.762. The third-order valence-electron chi connectivity index (χ3n) is 5.42. The maximum absolute atomic E-state index is 13.4. The minimum atomic E-state index is -0.853. The van der Waals surface area contributed by atoms with Crippen molar-refractivity contribution in [2.45, 2.75) is 23.8 Å². The molecule has 2 atom stereocenters. The van der Waals surface area contributed by atoms with Crippen molar-refractivity contribution < 1.29 is 23.5 Å². The van der Waals surface area contributed by atoms with Gasteiger partial charge in [0.2, 0.25) is 5.91 Å². The van der Waals surface area contributed by atoms with Gasteiger partial charge in [-0.1, -0.05) is 23.7 Å². The van der Waals surface area contributed by atoms with Gasteiger partial charge in [-0.15, -0.1) is 11.8 Å². The van der Waals surface area contributed by atoms with Crippen molar-refractivity contribution in [1.82, 2.24) is 4.90 Å². The van der Waals surface area contributed by atoms with Crippen molar-refractivity contribution in [2.75, 3.05) is 17.7 Å². The van der Waals surface area contributed by atoms with Crippen molar-refractivity contribution >= 4 is 46.8 Å². The highest BCUT2D eigenvalue weighted by atomic mass is 35.5. The van der Waals surface area contributed by atoms with Gasteiger partial charge in [-0.3, -0.25) is 9.59 Å². The van der Waals surface area contributed by atoms with E-state index in [2.05, 4.69) is 5.32 Å². The van der Waals surface area contributed by atoms with Gasteiger partial charge in [0.05, 0.1) is 11.3 Å². The highest BCUT2D eigenvalue weighted by molar-refractivity contribution is 8.00. The summed E-state index contributed by atoms with van der Waals surface area (Å²) in [4.78, 5) is 38.4. The largest absolute Gasteiger partial charge is 0.454 e. The van der Waals surface area contributed by atoms with Crippen LogP contribution in [0.25, 0.3) is 0 Å². The average molecular weight is 474 g/mol. The molecule has 7 nitrogen and oxygen atoms in total. The molecule has 4 rings (SSSR count). The summed E-state index contributed by atoms with van der Waals surface area (Å²) in [5, 5.41) is 12.0. The summed E-state index contributed by atoms with van der Waals surface area (Å²) < 4.78 is 18.6. The Balaban J connectivity index is 1.43. The Kier molecular flexibility index (Phi) is 6.09. The highest BCUT2D eigenvalue weighted by Gasteiger charge is 2.57. The quantitative estimate of drug-likeness (QED) is 0.668. The van der Waals surface area contributed by atoms with Gasteiger partial charge in [-0.05, 0) is 42.3 Å². The van der Waals surface area contributed by atoms with Crippen LogP contribution in [0.1, 0.15) is 24.0 Å². The third-order valence-corrected chi connectivity index (χ3v) is 7.25. The van der Waals surface area contributed by atoms with Gasteiger partial charge >= 0.3 is 5.97 Å². The second-order valence-corrected chi connectivity index (χ2v) is 9.07. The SMILES string of the molecule is N#Cc1ccc(Cl)cc1NC(=O)COC(=O)C1CSC2(c3ccc(F)cc3)CCC(=O)N12. The van der Waals surface area contributed by atoms with Crippen molar-refractivity contribution in [3.8, 4) is 6.07 Å². The molecule has 2 saturated heterocycles. The van der Waals surface area contributed by atoms with Crippen molar-refractivity contribution in [3.05, 3.63) is 64.4 Å². The Morgan fingerprint density at radius 2 is 2.06 bits per heavy atom. The number of amides is 2.